The molecular weight excluding hydrogens is 162 g/mol. The molecule has 0 fully saturated rings. The Labute approximate surface area is 83.3 Å². The molecule has 2 nitrogen and oxygen atoms in total. The van der Waals surface area contributed by atoms with Crippen LogP contribution in [0.1, 0.15) is 48.0 Å². The van der Waals surface area contributed by atoms with E-state index < -0.39 is 0 Å². The van der Waals surface area contributed by atoms with Crippen LogP contribution in [0.5, 0.6) is 0 Å². The molecule has 13 heavy (non-hydrogen) atoms. The number of nitrogens with zero attached hydrogens (tertiary/aromatic N) is 1. The summed E-state index contributed by atoms with van der Waals surface area (Å²) in [6.45, 7) is 14.0. The molecule has 0 aliphatic heterocycles. The van der Waals surface area contributed by atoms with Crippen LogP contribution in [0, 0.1) is 0 Å². The zero-order chi connectivity index (χ0) is 10.4. The third-order valence-corrected chi connectivity index (χ3v) is 2.18. The predicted molar refractivity (Wildman–Crippen MR) is 57.8 cm³/mol. The lowest BCUT2D eigenvalue weighted by Crippen LogP contribution is -2.44. The smallest absolute Gasteiger partial charge is 0.108 e. The zero-order valence-corrected chi connectivity index (χ0v) is 10.0. The second kappa shape index (κ2) is 6.39. The van der Waals surface area contributed by atoms with Gasteiger partial charge < -0.3 is 4.74 Å². The van der Waals surface area contributed by atoms with Crippen molar-refractivity contribution in [1.29, 1.82) is 0 Å². The third kappa shape index (κ3) is 4.63. The molecule has 0 aliphatic carbocycles. The van der Waals surface area contributed by atoms with E-state index >= 15 is 0 Å². The first-order valence-electron chi connectivity index (χ1n) is 5.39. The predicted octanol–water partition coefficient (Wildman–Crippen LogP) is 2.88. The van der Waals surface area contributed by atoms with Crippen molar-refractivity contribution >= 4 is 0 Å². The Morgan fingerprint density at radius 3 is 1.77 bits per heavy atom. The molecule has 0 heterocycles. The quantitative estimate of drug-likeness (QED) is 0.593. The SMILES string of the molecule is CCCOC(C)N(C(C)C)C(C)C. The molecule has 0 bridgehead atoms. The van der Waals surface area contributed by atoms with Gasteiger partial charge in [-0.2, -0.15) is 0 Å². The first kappa shape index (κ1) is 12.9. The molecule has 0 N–H and O–H groups in total. The van der Waals surface area contributed by atoms with E-state index in [-0.39, 0.29) is 6.23 Å². The minimum absolute atomic E-state index is 0.236. The van der Waals surface area contributed by atoms with E-state index in [4.69, 9.17) is 4.74 Å². The van der Waals surface area contributed by atoms with Crippen molar-refractivity contribution in [2.45, 2.75) is 66.3 Å². The summed E-state index contributed by atoms with van der Waals surface area (Å²) in [5, 5.41) is 0. The highest BCUT2D eigenvalue weighted by molar-refractivity contribution is 4.68. The van der Waals surface area contributed by atoms with E-state index in [0.717, 1.165) is 13.0 Å². The van der Waals surface area contributed by atoms with Crippen molar-refractivity contribution in [3.63, 3.8) is 0 Å². The van der Waals surface area contributed by atoms with Gasteiger partial charge in [-0.05, 0) is 41.0 Å². The van der Waals surface area contributed by atoms with Crippen LogP contribution in [0.3, 0.4) is 0 Å². The molecule has 1 unspecified atom stereocenters. The van der Waals surface area contributed by atoms with Gasteiger partial charge in [0.1, 0.15) is 6.23 Å². The summed E-state index contributed by atoms with van der Waals surface area (Å²) in [4.78, 5) is 2.38. The number of hydrogen-bond donors (Lipinski definition) is 0. The second-order valence-corrected chi connectivity index (χ2v) is 4.10. The minimum Gasteiger partial charge on any atom is -0.363 e. The van der Waals surface area contributed by atoms with E-state index in [1.54, 1.807) is 0 Å². The van der Waals surface area contributed by atoms with Crippen molar-refractivity contribution in [2.24, 2.45) is 0 Å². The molecule has 0 radical (unpaired) electrons. The molecule has 0 aromatic carbocycles. The van der Waals surface area contributed by atoms with E-state index in [2.05, 4.69) is 46.4 Å². The molecule has 1 atom stereocenters. The van der Waals surface area contributed by atoms with Gasteiger partial charge >= 0.3 is 0 Å². The Balaban J connectivity index is 4.04. The fourth-order valence-electron chi connectivity index (χ4n) is 1.81. The maximum absolute atomic E-state index is 5.70. The van der Waals surface area contributed by atoms with Crippen molar-refractivity contribution in [1.82, 2.24) is 4.90 Å². The van der Waals surface area contributed by atoms with Crippen molar-refractivity contribution in [3.05, 3.63) is 0 Å². The molecule has 0 aromatic rings. The van der Waals surface area contributed by atoms with Crippen molar-refractivity contribution in [2.75, 3.05) is 6.61 Å². The maximum Gasteiger partial charge on any atom is 0.108 e. The number of rotatable bonds is 6. The second-order valence-electron chi connectivity index (χ2n) is 4.10. The van der Waals surface area contributed by atoms with Crippen LogP contribution >= 0.6 is 0 Å². The standard InChI is InChI=1S/C11H25NO/c1-7-8-13-11(6)12(9(2)3)10(4)5/h9-11H,7-8H2,1-6H3. The lowest BCUT2D eigenvalue weighted by Gasteiger charge is -2.35. The van der Waals surface area contributed by atoms with Gasteiger partial charge in [0.15, 0.2) is 0 Å². The first-order chi connectivity index (χ1) is 6.00. The Kier molecular flexibility index (Phi) is 6.35. The topological polar surface area (TPSA) is 12.5 Å². The van der Waals surface area contributed by atoms with Crippen LogP contribution in [0.15, 0.2) is 0 Å². The molecule has 80 valence electrons. The van der Waals surface area contributed by atoms with Gasteiger partial charge in [0.05, 0.1) is 0 Å². The Bertz CT molecular complexity index is 115. The fourth-order valence-corrected chi connectivity index (χ4v) is 1.81. The molecule has 0 aliphatic rings. The van der Waals surface area contributed by atoms with Crippen LogP contribution in [0.2, 0.25) is 0 Å². The lowest BCUT2D eigenvalue weighted by molar-refractivity contribution is -0.0762. The van der Waals surface area contributed by atoms with Crippen LogP contribution in [-0.4, -0.2) is 29.8 Å². The Morgan fingerprint density at radius 2 is 1.46 bits per heavy atom. The Hall–Kier alpha value is -0.0800. The molecule has 0 amide bonds. The normalized spacial score (nSPS) is 14.5. The monoisotopic (exact) mass is 187 g/mol. The molecule has 0 aromatic heterocycles. The molecule has 0 saturated carbocycles. The first-order valence-corrected chi connectivity index (χ1v) is 5.39. The van der Waals surface area contributed by atoms with Crippen molar-refractivity contribution in [3.8, 4) is 0 Å². The minimum atomic E-state index is 0.236. The van der Waals surface area contributed by atoms with Gasteiger partial charge in [0.2, 0.25) is 0 Å². The van der Waals surface area contributed by atoms with Crippen LogP contribution in [0.25, 0.3) is 0 Å². The summed E-state index contributed by atoms with van der Waals surface area (Å²) in [6.07, 6.45) is 1.33. The summed E-state index contributed by atoms with van der Waals surface area (Å²) in [7, 11) is 0. The Morgan fingerprint density at radius 1 is 1.00 bits per heavy atom. The van der Waals surface area contributed by atoms with Crippen LogP contribution in [-0.2, 0) is 4.74 Å². The van der Waals surface area contributed by atoms with Crippen LogP contribution in [0.4, 0.5) is 0 Å². The zero-order valence-electron chi connectivity index (χ0n) is 10.0. The largest absolute Gasteiger partial charge is 0.363 e. The van der Waals surface area contributed by atoms with Gasteiger partial charge in [-0.25, -0.2) is 0 Å². The molecular formula is C11H25NO. The van der Waals surface area contributed by atoms with E-state index in [1.807, 2.05) is 0 Å². The van der Waals surface area contributed by atoms with E-state index in [9.17, 15) is 0 Å². The molecule has 0 saturated heterocycles. The molecule has 2 heteroatoms. The lowest BCUT2D eigenvalue weighted by atomic mass is 10.2. The van der Waals surface area contributed by atoms with Gasteiger partial charge in [0.25, 0.3) is 0 Å². The summed E-state index contributed by atoms with van der Waals surface area (Å²) >= 11 is 0. The van der Waals surface area contributed by atoms with E-state index in [0.29, 0.717) is 12.1 Å². The van der Waals surface area contributed by atoms with Gasteiger partial charge in [-0.3, -0.25) is 4.90 Å². The average molecular weight is 187 g/mol. The third-order valence-electron chi connectivity index (χ3n) is 2.18. The number of hydrogen-bond acceptors (Lipinski definition) is 2. The summed E-state index contributed by atoms with van der Waals surface area (Å²) < 4.78 is 5.70. The highest BCUT2D eigenvalue weighted by atomic mass is 16.5. The highest BCUT2D eigenvalue weighted by Gasteiger charge is 2.19. The van der Waals surface area contributed by atoms with Crippen LogP contribution < -0.4 is 0 Å². The van der Waals surface area contributed by atoms with Gasteiger partial charge in [-0.1, -0.05) is 6.92 Å². The average Bonchev–Trinajstić information content (AvgIpc) is 1.99. The maximum atomic E-state index is 5.70. The fraction of sp³-hybridized carbons (Fsp3) is 1.00. The highest BCUT2D eigenvalue weighted by Crippen LogP contribution is 2.11. The molecule has 0 rings (SSSR count). The summed E-state index contributed by atoms with van der Waals surface area (Å²) in [6, 6.07) is 1.10. The van der Waals surface area contributed by atoms with Gasteiger partial charge in [0, 0.05) is 18.7 Å². The van der Waals surface area contributed by atoms with Gasteiger partial charge in [-0.15, -0.1) is 0 Å². The molecule has 0 spiro atoms. The van der Waals surface area contributed by atoms with Crippen molar-refractivity contribution < 1.29 is 4.74 Å². The number of ether oxygens (including phenoxy) is 1. The summed E-state index contributed by atoms with van der Waals surface area (Å²) in [5.41, 5.74) is 0. The van der Waals surface area contributed by atoms with E-state index in [1.165, 1.54) is 0 Å². The summed E-state index contributed by atoms with van der Waals surface area (Å²) in [5.74, 6) is 0.